The van der Waals surface area contributed by atoms with Gasteiger partial charge in [0, 0.05) is 31.1 Å². The molecule has 1 fully saturated rings. The molecule has 1 aliphatic rings. The topological polar surface area (TPSA) is 61.4 Å². The van der Waals surface area contributed by atoms with E-state index >= 15 is 0 Å². The number of rotatable bonds is 6. The Morgan fingerprint density at radius 1 is 1.36 bits per heavy atom. The van der Waals surface area contributed by atoms with Crippen molar-refractivity contribution in [3.8, 4) is 0 Å². The van der Waals surface area contributed by atoms with Gasteiger partial charge in [-0.05, 0) is 38.1 Å². The highest BCUT2D eigenvalue weighted by molar-refractivity contribution is 5.95. The maximum atomic E-state index is 12.1. The molecule has 2 unspecified atom stereocenters. The lowest BCUT2D eigenvalue weighted by molar-refractivity contribution is -0.125. The van der Waals surface area contributed by atoms with Crippen LogP contribution in [0.25, 0.3) is 0 Å². The van der Waals surface area contributed by atoms with Crippen LogP contribution in [0.5, 0.6) is 0 Å². The number of amides is 2. The van der Waals surface area contributed by atoms with Crippen molar-refractivity contribution >= 4 is 17.5 Å². The van der Waals surface area contributed by atoms with Gasteiger partial charge in [-0.15, -0.1) is 0 Å². The zero-order valence-electron chi connectivity index (χ0n) is 13.6. The minimum absolute atomic E-state index is 0.0319. The minimum atomic E-state index is -0.0792. The Hall–Kier alpha value is -1.88. The fraction of sp³-hybridized carbons (Fsp3) is 0.529. The number of nitrogens with one attached hydrogen (secondary N) is 2. The SMILES string of the molecule is CNCC(C)C(=O)NC(C)c1cccc(N2CCCC2=O)c1. The summed E-state index contributed by atoms with van der Waals surface area (Å²) in [7, 11) is 1.84. The molecular weight excluding hydrogens is 278 g/mol. The zero-order chi connectivity index (χ0) is 16.1. The van der Waals surface area contributed by atoms with Crippen LogP contribution in [0.3, 0.4) is 0 Å². The van der Waals surface area contributed by atoms with Gasteiger partial charge >= 0.3 is 0 Å². The van der Waals surface area contributed by atoms with Gasteiger partial charge in [0.25, 0.3) is 0 Å². The zero-order valence-corrected chi connectivity index (χ0v) is 13.6. The maximum absolute atomic E-state index is 12.1. The molecule has 0 radical (unpaired) electrons. The third-order valence-electron chi connectivity index (χ3n) is 4.07. The second-order valence-corrected chi connectivity index (χ2v) is 5.93. The molecule has 2 N–H and O–H groups in total. The van der Waals surface area contributed by atoms with Crippen molar-refractivity contribution in [2.24, 2.45) is 5.92 Å². The Bertz CT molecular complexity index is 544. The highest BCUT2D eigenvalue weighted by Gasteiger charge is 2.22. The summed E-state index contributed by atoms with van der Waals surface area (Å²) in [5.41, 5.74) is 1.94. The summed E-state index contributed by atoms with van der Waals surface area (Å²) in [6, 6.07) is 7.79. The highest BCUT2D eigenvalue weighted by Crippen LogP contribution is 2.24. The van der Waals surface area contributed by atoms with Crippen molar-refractivity contribution < 1.29 is 9.59 Å². The molecule has 1 aliphatic heterocycles. The summed E-state index contributed by atoms with van der Waals surface area (Å²) in [6.45, 7) is 5.30. The Balaban J connectivity index is 2.05. The van der Waals surface area contributed by atoms with Gasteiger partial charge in [-0.2, -0.15) is 0 Å². The first kappa shape index (κ1) is 16.5. The van der Waals surface area contributed by atoms with Crippen molar-refractivity contribution in [3.05, 3.63) is 29.8 Å². The quantitative estimate of drug-likeness (QED) is 0.843. The largest absolute Gasteiger partial charge is 0.349 e. The van der Waals surface area contributed by atoms with E-state index < -0.39 is 0 Å². The van der Waals surface area contributed by atoms with E-state index in [4.69, 9.17) is 0 Å². The molecule has 2 rings (SSSR count). The van der Waals surface area contributed by atoms with Crippen LogP contribution in [0.1, 0.15) is 38.3 Å². The monoisotopic (exact) mass is 303 g/mol. The van der Waals surface area contributed by atoms with E-state index in [9.17, 15) is 9.59 Å². The number of nitrogens with zero attached hydrogens (tertiary/aromatic N) is 1. The maximum Gasteiger partial charge on any atom is 0.227 e. The number of carbonyl (C=O) groups is 2. The molecule has 1 saturated heterocycles. The van der Waals surface area contributed by atoms with E-state index in [0.717, 1.165) is 24.2 Å². The number of benzene rings is 1. The first-order valence-electron chi connectivity index (χ1n) is 7.88. The summed E-state index contributed by atoms with van der Waals surface area (Å²) in [5.74, 6) is 0.136. The van der Waals surface area contributed by atoms with E-state index in [0.29, 0.717) is 13.0 Å². The van der Waals surface area contributed by atoms with Crippen LogP contribution >= 0.6 is 0 Å². The van der Waals surface area contributed by atoms with Gasteiger partial charge in [-0.25, -0.2) is 0 Å². The molecule has 2 amide bonds. The molecular formula is C17H25N3O2. The van der Waals surface area contributed by atoms with Crippen molar-refractivity contribution in [1.29, 1.82) is 0 Å². The van der Waals surface area contributed by atoms with E-state index in [2.05, 4.69) is 10.6 Å². The molecule has 0 bridgehead atoms. The van der Waals surface area contributed by atoms with Gasteiger partial charge in [-0.3, -0.25) is 9.59 Å². The molecule has 120 valence electrons. The van der Waals surface area contributed by atoms with Crippen LogP contribution in [0, 0.1) is 5.92 Å². The molecule has 1 aromatic rings. The van der Waals surface area contributed by atoms with Crippen LogP contribution in [-0.4, -0.2) is 32.0 Å². The Morgan fingerprint density at radius 2 is 2.14 bits per heavy atom. The average Bonchev–Trinajstić information content (AvgIpc) is 2.93. The van der Waals surface area contributed by atoms with Gasteiger partial charge in [0.05, 0.1) is 6.04 Å². The molecule has 2 atom stereocenters. The molecule has 0 saturated carbocycles. The Kier molecular flexibility index (Phi) is 5.55. The molecule has 1 aromatic carbocycles. The van der Waals surface area contributed by atoms with Gasteiger partial charge in [-0.1, -0.05) is 19.1 Å². The summed E-state index contributed by atoms with van der Waals surface area (Å²) >= 11 is 0. The van der Waals surface area contributed by atoms with Crippen molar-refractivity contribution in [1.82, 2.24) is 10.6 Å². The van der Waals surface area contributed by atoms with E-state index in [-0.39, 0.29) is 23.8 Å². The van der Waals surface area contributed by atoms with Crippen molar-refractivity contribution in [2.45, 2.75) is 32.7 Å². The normalized spacial score (nSPS) is 17.4. The Labute approximate surface area is 132 Å². The summed E-state index contributed by atoms with van der Waals surface area (Å²) in [5, 5.41) is 6.03. The van der Waals surface area contributed by atoms with Gasteiger partial charge < -0.3 is 15.5 Å². The van der Waals surface area contributed by atoms with Crippen LogP contribution < -0.4 is 15.5 Å². The van der Waals surface area contributed by atoms with Crippen LogP contribution in [-0.2, 0) is 9.59 Å². The summed E-state index contributed by atoms with van der Waals surface area (Å²) in [4.78, 5) is 25.8. The third-order valence-corrected chi connectivity index (χ3v) is 4.07. The summed E-state index contributed by atoms with van der Waals surface area (Å²) < 4.78 is 0. The fourth-order valence-corrected chi connectivity index (χ4v) is 2.72. The van der Waals surface area contributed by atoms with Crippen LogP contribution in [0.4, 0.5) is 5.69 Å². The van der Waals surface area contributed by atoms with Crippen LogP contribution in [0.15, 0.2) is 24.3 Å². The van der Waals surface area contributed by atoms with E-state index in [1.54, 1.807) is 0 Å². The highest BCUT2D eigenvalue weighted by atomic mass is 16.2. The lowest BCUT2D eigenvalue weighted by Gasteiger charge is -2.21. The standard InChI is InChI=1S/C17H25N3O2/c1-12(11-18-3)17(22)19-13(2)14-6-4-7-15(10-14)20-9-5-8-16(20)21/h4,6-7,10,12-13,18H,5,8-9,11H2,1-3H3,(H,19,22). The molecule has 5 nitrogen and oxygen atoms in total. The minimum Gasteiger partial charge on any atom is -0.349 e. The Morgan fingerprint density at radius 3 is 2.77 bits per heavy atom. The first-order valence-corrected chi connectivity index (χ1v) is 7.88. The lowest BCUT2D eigenvalue weighted by Crippen LogP contribution is -2.35. The predicted octanol–water partition coefficient (Wildman–Crippen LogP) is 1.85. The molecule has 0 spiro atoms. The van der Waals surface area contributed by atoms with E-state index in [1.807, 2.05) is 50.1 Å². The number of hydrogen-bond acceptors (Lipinski definition) is 3. The third kappa shape index (κ3) is 3.85. The van der Waals surface area contributed by atoms with Gasteiger partial charge in [0.15, 0.2) is 0 Å². The van der Waals surface area contributed by atoms with Gasteiger partial charge in [0.2, 0.25) is 11.8 Å². The average molecular weight is 303 g/mol. The predicted molar refractivity (Wildman–Crippen MR) is 87.7 cm³/mol. The molecule has 0 aliphatic carbocycles. The molecule has 1 heterocycles. The lowest BCUT2D eigenvalue weighted by atomic mass is 10.1. The van der Waals surface area contributed by atoms with Crippen molar-refractivity contribution in [3.63, 3.8) is 0 Å². The second-order valence-electron chi connectivity index (χ2n) is 5.93. The second kappa shape index (κ2) is 7.40. The van der Waals surface area contributed by atoms with E-state index in [1.165, 1.54) is 0 Å². The number of anilines is 1. The fourth-order valence-electron chi connectivity index (χ4n) is 2.72. The van der Waals surface area contributed by atoms with Gasteiger partial charge in [0.1, 0.15) is 0 Å². The molecule has 5 heteroatoms. The summed E-state index contributed by atoms with van der Waals surface area (Å²) in [6.07, 6.45) is 1.54. The van der Waals surface area contributed by atoms with Crippen LogP contribution in [0.2, 0.25) is 0 Å². The molecule has 0 aromatic heterocycles. The van der Waals surface area contributed by atoms with Crippen molar-refractivity contribution in [2.75, 3.05) is 25.0 Å². The molecule has 22 heavy (non-hydrogen) atoms. The number of hydrogen-bond donors (Lipinski definition) is 2. The smallest absolute Gasteiger partial charge is 0.227 e. The first-order chi connectivity index (χ1) is 10.5. The number of carbonyl (C=O) groups excluding carboxylic acids is 2.